The standard InChI is InChI=1S/C18H14F3N3O4S/c1-23-15(25)13(16(26)24(2)17(23)29)9-12-7-8-14(27-12)22-10-3-5-11(6-4-10)28-18(19,20)21/h3-9,25H,1-2H3/b12-9+,22-14?. The molecule has 3 rings (SSSR count). The fourth-order valence-corrected chi connectivity index (χ4v) is 2.63. The maximum absolute atomic E-state index is 12.3. The SMILES string of the molecule is Cn1c(O)c(/C=C2\C=CC(=Nc3ccc(OC(F)(F)F)cc3)O2)c(=O)n(C)c1=S. The molecule has 1 aromatic carbocycles. The van der Waals surface area contributed by atoms with Crippen LogP contribution in [0, 0.1) is 4.77 Å². The van der Waals surface area contributed by atoms with Crippen LogP contribution in [0.25, 0.3) is 6.08 Å². The molecule has 0 bridgehead atoms. The van der Waals surface area contributed by atoms with Crippen LogP contribution < -0.4 is 10.3 Å². The molecule has 11 heteroatoms. The average Bonchev–Trinajstić information content (AvgIpc) is 3.09. The number of benzene rings is 1. The Kier molecular flexibility index (Phi) is 5.33. The molecule has 1 N–H and O–H groups in total. The summed E-state index contributed by atoms with van der Waals surface area (Å²) in [5.74, 6) is -0.283. The fraction of sp³-hybridized carbons (Fsp3) is 0.167. The Bertz CT molecular complexity index is 1160. The highest BCUT2D eigenvalue weighted by Gasteiger charge is 2.30. The Labute approximate surface area is 167 Å². The van der Waals surface area contributed by atoms with Crippen LogP contribution in [0.15, 0.2) is 52.0 Å². The summed E-state index contributed by atoms with van der Waals surface area (Å²) in [6.07, 6.45) is -0.395. The van der Waals surface area contributed by atoms with Gasteiger partial charge in [0.05, 0.1) is 5.69 Å². The maximum atomic E-state index is 12.3. The Hall–Kier alpha value is -3.34. The van der Waals surface area contributed by atoms with Crippen molar-refractivity contribution in [2.45, 2.75) is 6.36 Å². The highest BCUT2D eigenvalue weighted by atomic mass is 32.1. The summed E-state index contributed by atoms with van der Waals surface area (Å²) in [4.78, 5) is 16.5. The van der Waals surface area contributed by atoms with E-state index in [-0.39, 0.29) is 33.6 Å². The number of aliphatic imine (C=N–C) groups is 1. The minimum Gasteiger partial charge on any atom is -0.494 e. The van der Waals surface area contributed by atoms with Gasteiger partial charge in [0.15, 0.2) is 4.77 Å². The molecule has 7 nitrogen and oxygen atoms in total. The number of hydrogen-bond donors (Lipinski definition) is 1. The van der Waals surface area contributed by atoms with Gasteiger partial charge in [-0.05, 0) is 48.6 Å². The van der Waals surface area contributed by atoms with E-state index in [1.807, 2.05) is 0 Å². The molecular formula is C18H14F3N3O4S. The summed E-state index contributed by atoms with van der Waals surface area (Å²) in [5.41, 5.74) is -0.181. The summed E-state index contributed by atoms with van der Waals surface area (Å²) >= 11 is 5.05. The molecule has 0 fully saturated rings. The number of alkyl halides is 3. The van der Waals surface area contributed by atoms with Crippen molar-refractivity contribution < 1.29 is 27.8 Å². The molecule has 0 spiro atoms. The normalized spacial score (nSPS) is 16.4. The number of aromatic nitrogens is 2. The van der Waals surface area contributed by atoms with E-state index in [0.29, 0.717) is 5.69 Å². The van der Waals surface area contributed by atoms with E-state index < -0.39 is 11.9 Å². The van der Waals surface area contributed by atoms with Crippen molar-refractivity contribution in [1.29, 1.82) is 0 Å². The molecule has 0 atom stereocenters. The first-order valence-corrected chi connectivity index (χ1v) is 8.47. The summed E-state index contributed by atoms with van der Waals surface area (Å²) in [5, 5.41) is 10.2. The van der Waals surface area contributed by atoms with Gasteiger partial charge in [0, 0.05) is 20.2 Å². The van der Waals surface area contributed by atoms with Crippen LogP contribution >= 0.6 is 12.2 Å². The van der Waals surface area contributed by atoms with Gasteiger partial charge in [0.25, 0.3) is 5.56 Å². The van der Waals surface area contributed by atoms with E-state index in [1.54, 1.807) is 0 Å². The van der Waals surface area contributed by atoms with Crippen molar-refractivity contribution in [3.05, 3.63) is 62.9 Å². The van der Waals surface area contributed by atoms with Crippen molar-refractivity contribution in [3.63, 3.8) is 0 Å². The molecule has 0 amide bonds. The van der Waals surface area contributed by atoms with Crippen molar-refractivity contribution in [1.82, 2.24) is 9.13 Å². The van der Waals surface area contributed by atoms with Crippen molar-refractivity contribution in [2.75, 3.05) is 0 Å². The number of hydrogen-bond acceptors (Lipinski definition) is 6. The smallest absolute Gasteiger partial charge is 0.494 e. The molecule has 1 aliphatic heterocycles. The van der Waals surface area contributed by atoms with Crippen molar-refractivity contribution in [3.8, 4) is 11.6 Å². The van der Waals surface area contributed by atoms with Crippen LogP contribution in [0.3, 0.4) is 0 Å². The van der Waals surface area contributed by atoms with Crippen LogP contribution in [-0.4, -0.2) is 26.5 Å². The Morgan fingerprint density at radius 3 is 2.45 bits per heavy atom. The second-order valence-electron chi connectivity index (χ2n) is 5.92. The monoisotopic (exact) mass is 425 g/mol. The predicted octanol–water partition coefficient (Wildman–Crippen LogP) is 3.71. The molecule has 0 aliphatic carbocycles. The van der Waals surface area contributed by atoms with Gasteiger partial charge in [-0.3, -0.25) is 13.9 Å². The van der Waals surface area contributed by atoms with Gasteiger partial charge < -0.3 is 14.6 Å². The first kappa shape index (κ1) is 20.4. The zero-order valence-electron chi connectivity index (χ0n) is 15.1. The molecule has 0 saturated carbocycles. The van der Waals surface area contributed by atoms with E-state index in [1.165, 1.54) is 53.6 Å². The minimum absolute atomic E-state index is 0.0156. The van der Waals surface area contributed by atoms with E-state index in [9.17, 15) is 23.1 Å². The van der Waals surface area contributed by atoms with E-state index in [4.69, 9.17) is 17.0 Å². The topological polar surface area (TPSA) is 78.0 Å². The predicted molar refractivity (Wildman–Crippen MR) is 102 cm³/mol. The highest BCUT2D eigenvalue weighted by Crippen LogP contribution is 2.26. The molecule has 29 heavy (non-hydrogen) atoms. The van der Waals surface area contributed by atoms with Gasteiger partial charge >= 0.3 is 6.36 Å². The number of allylic oxidation sites excluding steroid dienone is 1. The van der Waals surface area contributed by atoms with Gasteiger partial charge in [-0.15, -0.1) is 13.2 Å². The number of rotatable bonds is 3. The van der Waals surface area contributed by atoms with Crippen molar-refractivity contribution >= 4 is 29.9 Å². The Morgan fingerprint density at radius 1 is 1.17 bits per heavy atom. The molecular weight excluding hydrogens is 411 g/mol. The van der Waals surface area contributed by atoms with Crippen LogP contribution in [0.5, 0.6) is 11.6 Å². The zero-order valence-corrected chi connectivity index (χ0v) is 15.9. The van der Waals surface area contributed by atoms with E-state index in [2.05, 4.69) is 9.73 Å². The molecule has 2 heterocycles. The second-order valence-corrected chi connectivity index (χ2v) is 6.28. The third-order valence-corrected chi connectivity index (χ3v) is 4.42. The third kappa shape index (κ3) is 4.57. The summed E-state index contributed by atoms with van der Waals surface area (Å²) < 4.78 is 48.5. The maximum Gasteiger partial charge on any atom is 0.573 e. The van der Waals surface area contributed by atoms with E-state index >= 15 is 0 Å². The Balaban J connectivity index is 1.82. The number of nitrogens with zero attached hydrogens (tertiary/aromatic N) is 3. The van der Waals surface area contributed by atoms with Gasteiger partial charge in [0.1, 0.15) is 17.1 Å². The van der Waals surface area contributed by atoms with Gasteiger partial charge in [0.2, 0.25) is 11.8 Å². The lowest BCUT2D eigenvalue weighted by Gasteiger charge is -2.10. The third-order valence-electron chi connectivity index (χ3n) is 3.88. The van der Waals surface area contributed by atoms with Crippen LogP contribution in [0.1, 0.15) is 5.56 Å². The van der Waals surface area contributed by atoms with Crippen LogP contribution in [-0.2, 0) is 18.8 Å². The highest BCUT2D eigenvalue weighted by molar-refractivity contribution is 7.71. The quantitative estimate of drug-likeness (QED) is 0.759. The first-order valence-electron chi connectivity index (χ1n) is 8.06. The van der Waals surface area contributed by atoms with Gasteiger partial charge in [-0.25, -0.2) is 4.99 Å². The molecule has 0 saturated heterocycles. The lowest BCUT2D eigenvalue weighted by atomic mass is 10.2. The molecule has 1 aromatic heterocycles. The number of ether oxygens (including phenoxy) is 2. The fourth-order valence-electron chi connectivity index (χ4n) is 2.46. The van der Waals surface area contributed by atoms with Crippen LogP contribution in [0.2, 0.25) is 0 Å². The first-order chi connectivity index (χ1) is 13.5. The number of halogens is 3. The lowest BCUT2D eigenvalue weighted by Crippen LogP contribution is -2.24. The number of aromatic hydroxyl groups is 1. The van der Waals surface area contributed by atoms with Crippen molar-refractivity contribution in [2.24, 2.45) is 19.1 Å². The summed E-state index contributed by atoms with van der Waals surface area (Å²) in [7, 11) is 3.00. The Morgan fingerprint density at radius 2 is 1.83 bits per heavy atom. The summed E-state index contributed by atoms with van der Waals surface area (Å²) in [6, 6.07) is 4.91. The van der Waals surface area contributed by atoms with Crippen LogP contribution in [0.4, 0.5) is 18.9 Å². The van der Waals surface area contributed by atoms with Gasteiger partial charge in [-0.2, -0.15) is 0 Å². The molecule has 1 aliphatic rings. The average molecular weight is 425 g/mol. The molecule has 152 valence electrons. The largest absolute Gasteiger partial charge is 0.573 e. The molecule has 2 aromatic rings. The molecule has 0 unspecified atom stereocenters. The lowest BCUT2D eigenvalue weighted by molar-refractivity contribution is -0.274. The minimum atomic E-state index is -4.77. The molecule has 0 radical (unpaired) electrons. The second kappa shape index (κ2) is 7.59. The zero-order chi connectivity index (χ0) is 21.3. The van der Waals surface area contributed by atoms with E-state index in [0.717, 1.165) is 12.1 Å². The summed E-state index contributed by atoms with van der Waals surface area (Å²) in [6.45, 7) is 0. The van der Waals surface area contributed by atoms with Gasteiger partial charge in [-0.1, -0.05) is 0 Å².